The van der Waals surface area contributed by atoms with Gasteiger partial charge in [0.25, 0.3) is 5.91 Å². The van der Waals surface area contributed by atoms with Gasteiger partial charge in [-0.3, -0.25) is 14.9 Å². The number of ether oxygens (including phenoxy) is 1. The highest BCUT2D eigenvalue weighted by atomic mass is 32.2. The molecule has 1 aliphatic heterocycles. The van der Waals surface area contributed by atoms with Crippen LogP contribution in [0.1, 0.15) is 33.6 Å². The van der Waals surface area contributed by atoms with Crippen LogP contribution in [0.3, 0.4) is 0 Å². The van der Waals surface area contributed by atoms with Crippen LogP contribution in [0.5, 0.6) is 0 Å². The molecule has 1 heterocycles. The lowest BCUT2D eigenvalue weighted by molar-refractivity contribution is -0.145. The first-order chi connectivity index (χ1) is 11.3. The molecule has 1 fully saturated rings. The molecule has 0 atom stereocenters. The van der Waals surface area contributed by atoms with Crippen LogP contribution in [0.4, 0.5) is 4.79 Å². The van der Waals surface area contributed by atoms with E-state index in [1.807, 2.05) is 0 Å². The molecule has 9 heteroatoms. The number of piperidine rings is 1. The summed E-state index contributed by atoms with van der Waals surface area (Å²) in [6.07, 6.45) is 2.20. The zero-order valence-electron chi connectivity index (χ0n) is 14.3. The van der Waals surface area contributed by atoms with Crippen molar-refractivity contribution in [3.05, 3.63) is 0 Å². The molecule has 136 valence electrons. The van der Waals surface area contributed by atoms with Crippen molar-refractivity contribution in [2.75, 3.05) is 25.4 Å². The Morgan fingerprint density at radius 2 is 1.92 bits per heavy atom. The van der Waals surface area contributed by atoms with Gasteiger partial charge >= 0.3 is 12.0 Å². The molecule has 0 saturated carbocycles. The summed E-state index contributed by atoms with van der Waals surface area (Å²) in [7, 11) is 0. The van der Waals surface area contributed by atoms with Crippen LogP contribution in [-0.4, -0.2) is 58.6 Å². The first-order valence-electron chi connectivity index (χ1n) is 7.95. The van der Waals surface area contributed by atoms with Crippen molar-refractivity contribution in [1.82, 2.24) is 15.5 Å². The Morgan fingerprint density at radius 1 is 1.29 bits per heavy atom. The average molecular weight is 376 g/mol. The third kappa shape index (κ3) is 8.49. The fourth-order valence-electron chi connectivity index (χ4n) is 2.05. The Kier molecular flexibility index (Phi) is 9.05. The molecule has 0 spiro atoms. The number of amides is 3. The van der Waals surface area contributed by atoms with Gasteiger partial charge in [0.1, 0.15) is 4.32 Å². The number of likely N-dealkylation sites (tertiary alicyclic amines) is 1. The predicted octanol–water partition coefficient (Wildman–Crippen LogP) is 1.51. The lowest BCUT2D eigenvalue weighted by Gasteiger charge is -2.31. The summed E-state index contributed by atoms with van der Waals surface area (Å²) in [4.78, 5) is 36.5. The zero-order valence-corrected chi connectivity index (χ0v) is 15.9. The van der Waals surface area contributed by atoms with Gasteiger partial charge in [0.15, 0.2) is 6.61 Å². The van der Waals surface area contributed by atoms with Crippen molar-refractivity contribution in [1.29, 1.82) is 0 Å². The van der Waals surface area contributed by atoms with Crippen LogP contribution in [0.2, 0.25) is 0 Å². The molecule has 0 unspecified atom stereocenters. The van der Waals surface area contributed by atoms with Crippen LogP contribution >= 0.6 is 24.0 Å². The number of esters is 1. The second kappa shape index (κ2) is 10.5. The van der Waals surface area contributed by atoms with E-state index in [9.17, 15) is 14.4 Å². The van der Waals surface area contributed by atoms with Crippen molar-refractivity contribution in [3.63, 3.8) is 0 Å². The van der Waals surface area contributed by atoms with Crippen LogP contribution in [0.25, 0.3) is 0 Å². The third-order valence-corrected chi connectivity index (χ3v) is 4.89. The Labute approximate surface area is 152 Å². The Hall–Kier alpha value is -1.35. The van der Waals surface area contributed by atoms with Gasteiger partial charge in [-0.2, -0.15) is 0 Å². The second-order valence-electron chi connectivity index (χ2n) is 6.06. The van der Waals surface area contributed by atoms with Crippen LogP contribution in [-0.2, 0) is 14.3 Å². The summed E-state index contributed by atoms with van der Waals surface area (Å²) in [6, 6.07) is -0.698. The molecule has 7 nitrogen and oxygen atoms in total. The maximum atomic E-state index is 11.6. The molecule has 0 aliphatic carbocycles. The topological polar surface area (TPSA) is 87.7 Å². The highest BCUT2D eigenvalue weighted by molar-refractivity contribution is 8.23. The van der Waals surface area contributed by atoms with Gasteiger partial charge < -0.3 is 15.0 Å². The molecule has 0 aromatic carbocycles. The summed E-state index contributed by atoms with van der Waals surface area (Å²) in [6.45, 7) is 7.10. The molecular weight excluding hydrogens is 350 g/mol. The molecule has 24 heavy (non-hydrogen) atoms. The number of carbonyl (C=O) groups excluding carboxylic acids is 3. The van der Waals surface area contributed by atoms with Gasteiger partial charge in [-0.25, -0.2) is 4.79 Å². The van der Waals surface area contributed by atoms with Gasteiger partial charge in [-0.15, -0.1) is 0 Å². The standard InChI is InChI=1S/C15H25N3O4S2/c1-10(2)16-14(21)17-12(19)8-22-13(20)9-24-15(23)18-6-4-11(3)5-7-18/h10-11H,4-9H2,1-3H3,(H2,16,17,19,21). The number of rotatable bonds is 5. The molecule has 0 aromatic rings. The fourth-order valence-corrected chi connectivity index (χ4v) is 3.10. The highest BCUT2D eigenvalue weighted by Crippen LogP contribution is 2.20. The Bertz CT molecular complexity index is 477. The first-order valence-corrected chi connectivity index (χ1v) is 9.35. The number of nitrogens with one attached hydrogen (secondary N) is 2. The normalized spacial score (nSPS) is 15.1. The number of thioether (sulfide) groups is 1. The molecule has 3 amide bonds. The minimum Gasteiger partial charge on any atom is -0.455 e. The molecular formula is C15H25N3O4S2. The largest absolute Gasteiger partial charge is 0.455 e. The summed E-state index contributed by atoms with van der Waals surface area (Å²) in [5.41, 5.74) is 0. The van der Waals surface area contributed by atoms with Crippen molar-refractivity contribution in [2.24, 2.45) is 5.92 Å². The fraction of sp³-hybridized carbons (Fsp3) is 0.733. The number of imide groups is 1. The monoisotopic (exact) mass is 375 g/mol. The van der Waals surface area contributed by atoms with Crippen molar-refractivity contribution in [2.45, 2.75) is 39.7 Å². The lowest BCUT2D eigenvalue weighted by Crippen LogP contribution is -2.44. The van der Waals surface area contributed by atoms with E-state index < -0.39 is 24.5 Å². The van der Waals surface area contributed by atoms with E-state index >= 15 is 0 Å². The summed E-state index contributed by atoms with van der Waals surface area (Å²) >= 11 is 6.55. The average Bonchev–Trinajstić information content (AvgIpc) is 2.50. The number of carbonyl (C=O) groups is 3. The smallest absolute Gasteiger partial charge is 0.321 e. The summed E-state index contributed by atoms with van der Waals surface area (Å²) < 4.78 is 5.51. The van der Waals surface area contributed by atoms with E-state index in [-0.39, 0.29) is 11.8 Å². The van der Waals surface area contributed by atoms with E-state index in [4.69, 9.17) is 17.0 Å². The summed E-state index contributed by atoms with van der Waals surface area (Å²) in [5.74, 6) is -0.437. The molecule has 0 radical (unpaired) electrons. The molecule has 1 saturated heterocycles. The van der Waals surface area contributed by atoms with Gasteiger partial charge in [0.2, 0.25) is 0 Å². The van der Waals surface area contributed by atoms with Crippen LogP contribution in [0.15, 0.2) is 0 Å². The van der Waals surface area contributed by atoms with Crippen molar-refractivity contribution < 1.29 is 19.1 Å². The molecule has 0 aromatic heterocycles. The van der Waals surface area contributed by atoms with Gasteiger partial charge in [-0.1, -0.05) is 30.9 Å². The first kappa shape index (κ1) is 20.7. The van der Waals surface area contributed by atoms with Crippen molar-refractivity contribution in [3.8, 4) is 0 Å². The quantitative estimate of drug-likeness (QED) is 0.556. The SMILES string of the molecule is CC1CCN(C(=S)SCC(=O)OCC(=O)NC(=O)NC(C)C)CC1. The summed E-state index contributed by atoms with van der Waals surface area (Å²) in [5, 5.41) is 4.58. The minimum atomic E-state index is -0.668. The zero-order chi connectivity index (χ0) is 18.1. The number of thiocarbonyl (C=S) groups is 1. The number of hydrogen-bond donors (Lipinski definition) is 2. The maximum Gasteiger partial charge on any atom is 0.321 e. The van der Waals surface area contributed by atoms with Gasteiger partial charge in [-0.05, 0) is 32.6 Å². The minimum absolute atomic E-state index is 0.0519. The highest BCUT2D eigenvalue weighted by Gasteiger charge is 2.19. The molecule has 1 aliphatic rings. The van der Waals surface area contributed by atoms with Gasteiger partial charge in [0, 0.05) is 19.1 Å². The van der Waals surface area contributed by atoms with E-state index in [1.165, 1.54) is 11.8 Å². The predicted molar refractivity (Wildman–Crippen MR) is 97.8 cm³/mol. The van der Waals surface area contributed by atoms with E-state index in [1.54, 1.807) is 13.8 Å². The Balaban J connectivity index is 2.18. The number of hydrogen-bond acceptors (Lipinski definition) is 6. The van der Waals surface area contributed by atoms with Crippen LogP contribution < -0.4 is 10.6 Å². The van der Waals surface area contributed by atoms with E-state index in [2.05, 4.69) is 22.5 Å². The van der Waals surface area contributed by atoms with Crippen molar-refractivity contribution >= 4 is 46.2 Å². The van der Waals surface area contributed by atoms with E-state index in [0.29, 0.717) is 10.2 Å². The lowest BCUT2D eigenvalue weighted by atomic mass is 10.00. The number of urea groups is 1. The molecule has 1 rings (SSSR count). The second-order valence-corrected chi connectivity index (χ2v) is 7.67. The third-order valence-electron chi connectivity index (χ3n) is 3.39. The van der Waals surface area contributed by atoms with Crippen LogP contribution in [0, 0.1) is 5.92 Å². The molecule has 0 bridgehead atoms. The van der Waals surface area contributed by atoms with Gasteiger partial charge in [0.05, 0.1) is 5.75 Å². The number of nitrogens with zero attached hydrogens (tertiary/aromatic N) is 1. The molecule has 2 N–H and O–H groups in total. The van der Waals surface area contributed by atoms with E-state index in [0.717, 1.165) is 25.9 Å². The maximum absolute atomic E-state index is 11.6. The Morgan fingerprint density at radius 3 is 2.50 bits per heavy atom.